The van der Waals surface area contributed by atoms with Gasteiger partial charge in [0.2, 0.25) is 5.78 Å². The molecule has 5 rings (SSSR count). The number of nitrogens with zero attached hydrogens (tertiary/aromatic N) is 5. The van der Waals surface area contributed by atoms with Gasteiger partial charge in [-0.15, -0.1) is 0 Å². The highest BCUT2D eigenvalue weighted by Gasteiger charge is 2.19. The van der Waals surface area contributed by atoms with E-state index in [0.717, 1.165) is 49.5 Å². The first-order chi connectivity index (χ1) is 14.6. The van der Waals surface area contributed by atoms with E-state index in [0.29, 0.717) is 22.7 Å². The van der Waals surface area contributed by atoms with Gasteiger partial charge in [0, 0.05) is 37.7 Å². The maximum atomic E-state index is 13.3. The number of benzene rings is 2. The van der Waals surface area contributed by atoms with E-state index in [9.17, 15) is 4.79 Å². The number of piperazine rings is 1. The predicted molar refractivity (Wildman–Crippen MR) is 120 cm³/mol. The highest BCUT2D eigenvalue weighted by molar-refractivity contribution is 6.31. The Kier molecular flexibility index (Phi) is 5.06. The lowest BCUT2D eigenvalue weighted by Crippen LogP contribution is -2.44. The van der Waals surface area contributed by atoms with Crippen LogP contribution in [-0.2, 0) is 13.1 Å². The number of rotatable bonds is 4. The molecule has 1 saturated heterocycles. The second-order valence-corrected chi connectivity index (χ2v) is 8.37. The summed E-state index contributed by atoms with van der Waals surface area (Å²) in [7, 11) is 2.16. The molecule has 1 aliphatic heterocycles. The van der Waals surface area contributed by atoms with E-state index in [-0.39, 0.29) is 5.56 Å². The molecule has 1 aliphatic rings. The van der Waals surface area contributed by atoms with Crippen molar-refractivity contribution in [1.29, 1.82) is 0 Å². The molecule has 3 heterocycles. The fourth-order valence-corrected chi connectivity index (χ4v) is 4.40. The number of hydrogen-bond donors (Lipinski definition) is 0. The maximum Gasteiger partial charge on any atom is 0.263 e. The standard InChI is InChI=1S/C23H24ClN5O/c1-26-10-12-27(13-11-26)16-18-14-25-23-28(15-17-6-2-4-8-20(17)24)22(30)19-7-3-5-9-21(19)29(18)23/h2-9,14H,10-13,15-16H2,1H3. The molecular weight excluding hydrogens is 398 g/mol. The van der Waals surface area contributed by atoms with Crippen LogP contribution in [0.3, 0.4) is 0 Å². The lowest BCUT2D eigenvalue weighted by atomic mass is 10.2. The van der Waals surface area contributed by atoms with Gasteiger partial charge in [0.15, 0.2) is 0 Å². The second-order valence-electron chi connectivity index (χ2n) is 7.96. The van der Waals surface area contributed by atoms with Crippen LogP contribution in [0, 0.1) is 0 Å². The Balaban J connectivity index is 1.65. The normalized spacial score (nSPS) is 15.9. The van der Waals surface area contributed by atoms with Gasteiger partial charge in [-0.05, 0) is 30.8 Å². The first-order valence-corrected chi connectivity index (χ1v) is 10.6. The first kappa shape index (κ1) is 19.3. The van der Waals surface area contributed by atoms with Gasteiger partial charge in [-0.1, -0.05) is 41.9 Å². The van der Waals surface area contributed by atoms with Crippen molar-refractivity contribution in [3.63, 3.8) is 0 Å². The van der Waals surface area contributed by atoms with E-state index in [1.165, 1.54) is 0 Å². The summed E-state index contributed by atoms with van der Waals surface area (Å²) in [6.07, 6.45) is 1.91. The summed E-state index contributed by atoms with van der Waals surface area (Å²) in [6, 6.07) is 15.4. The van der Waals surface area contributed by atoms with Crippen LogP contribution in [0.2, 0.25) is 5.02 Å². The van der Waals surface area contributed by atoms with Crippen LogP contribution in [-0.4, -0.2) is 57.0 Å². The molecule has 0 spiro atoms. The minimum absolute atomic E-state index is 0.0465. The fourth-order valence-electron chi connectivity index (χ4n) is 4.20. The van der Waals surface area contributed by atoms with Crippen molar-refractivity contribution >= 4 is 28.3 Å². The van der Waals surface area contributed by atoms with Crippen LogP contribution in [0.4, 0.5) is 0 Å². The van der Waals surface area contributed by atoms with Crippen LogP contribution in [0.1, 0.15) is 11.3 Å². The number of imidazole rings is 1. The smallest absolute Gasteiger partial charge is 0.263 e. The highest BCUT2D eigenvalue weighted by Crippen LogP contribution is 2.21. The first-order valence-electron chi connectivity index (χ1n) is 10.2. The van der Waals surface area contributed by atoms with E-state index >= 15 is 0 Å². The van der Waals surface area contributed by atoms with E-state index in [1.54, 1.807) is 4.57 Å². The predicted octanol–water partition coefficient (Wildman–Crippen LogP) is 3.10. The quantitative estimate of drug-likeness (QED) is 0.508. The van der Waals surface area contributed by atoms with Gasteiger partial charge in [-0.2, -0.15) is 0 Å². The molecule has 0 saturated carbocycles. The lowest BCUT2D eigenvalue weighted by molar-refractivity contribution is 0.146. The number of hydrogen-bond acceptors (Lipinski definition) is 4. The van der Waals surface area contributed by atoms with Crippen molar-refractivity contribution in [2.24, 2.45) is 0 Å². The molecule has 0 N–H and O–H groups in total. The van der Waals surface area contributed by atoms with Crippen molar-refractivity contribution in [1.82, 2.24) is 23.8 Å². The van der Waals surface area contributed by atoms with Gasteiger partial charge in [0.1, 0.15) is 0 Å². The topological polar surface area (TPSA) is 45.8 Å². The van der Waals surface area contributed by atoms with Crippen molar-refractivity contribution < 1.29 is 0 Å². The van der Waals surface area contributed by atoms with E-state index < -0.39 is 0 Å². The molecule has 0 bridgehead atoms. The molecule has 0 unspecified atom stereocenters. The Morgan fingerprint density at radius 3 is 2.50 bits per heavy atom. The number of para-hydroxylation sites is 1. The third-order valence-corrected chi connectivity index (χ3v) is 6.31. The zero-order valence-electron chi connectivity index (χ0n) is 17.0. The monoisotopic (exact) mass is 421 g/mol. The van der Waals surface area contributed by atoms with Crippen LogP contribution in [0.5, 0.6) is 0 Å². The zero-order valence-corrected chi connectivity index (χ0v) is 17.7. The Hall–Kier alpha value is -2.67. The van der Waals surface area contributed by atoms with E-state index in [1.807, 2.05) is 54.7 Å². The van der Waals surface area contributed by atoms with Gasteiger partial charge in [0.25, 0.3) is 5.56 Å². The van der Waals surface area contributed by atoms with Crippen molar-refractivity contribution in [3.05, 3.63) is 81.4 Å². The van der Waals surface area contributed by atoms with Gasteiger partial charge in [-0.3, -0.25) is 18.7 Å². The van der Waals surface area contributed by atoms with Crippen LogP contribution < -0.4 is 5.56 Å². The molecule has 0 aliphatic carbocycles. The molecule has 154 valence electrons. The van der Waals surface area contributed by atoms with Gasteiger partial charge >= 0.3 is 0 Å². The number of halogens is 1. The molecule has 30 heavy (non-hydrogen) atoms. The minimum atomic E-state index is -0.0465. The van der Waals surface area contributed by atoms with Crippen molar-refractivity contribution in [3.8, 4) is 0 Å². The maximum absolute atomic E-state index is 13.3. The molecule has 0 atom stereocenters. The minimum Gasteiger partial charge on any atom is -0.304 e. The average molecular weight is 422 g/mol. The van der Waals surface area contributed by atoms with E-state index in [4.69, 9.17) is 11.6 Å². The number of fused-ring (bicyclic) bond motifs is 3. The van der Waals surface area contributed by atoms with Gasteiger partial charge in [-0.25, -0.2) is 4.98 Å². The third kappa shape index (κ3) is 3.41. The summed E-state index contributed by atoms with van der Waals surface area (Å²) >= 11 is 6.39. The Morgan fingerprint density at radius 2 is 1.70 bits per heavy atom. The zero-order chi connectivity index (χ0) is 20.7. The Bertz CT molecular complexity index is 1270. The third-order valence-electron chi connectivity index (χ3n) is 5.95. The summed E-state index contributed by atoms with van der Waals surface area (Å²) in [5, 5.41) is 1.34. The molecule has 6 nitrogen and oxygen atoms in total. The van der Waals surface area contributed by atoms with Crippen molar-refractivity contribution in [2.45, 2.75) is 13.1 Å². The van der Waals surface area contributed by atoms with Crippen LogP contribution in [0.15, 0.2) is 59.5 Å². The molecule has 2 aromatic heterocycles. The molecule has 7 heteroatoms. The summed E-state index contributed by atoms with van der Waals surface area (Å²) in [4.78, 5) is 22.8. The molecule has 0 amide bonds. The van der Waals surface area contributed by atoms with Gasteiger partial charge in [0.05, 0.1) is 29.3 Å². The molecule has 1 fully saturated rings. The molecule has 2 aromatic carbocycles. The second kappa shape index (κ2) is 7.87. The molecular formula is C23H24ClN5O. The highest BCUT2D eigenvalue weighted by atomic mass is 35.5. The Morgan fingerprint density at radius 1 is 0.967 bits per heavy atom. The van der Waals surface area contributed by atoms with Gasteiger partial charge < -0.3 is 4.90 Å². The average Bonchev–Trinajstić information content (AvgIpc) is 3.17. The van der Waals surface area contributed by atoms with E-state index in [2.05, 4.69) is 26.2 Å². The largest absolute Gasteiger partial charge is 0.304 e. The summed E-state index contributed by atoms with van der Waals surface area (Å²) in [6.45, 7) is 5.38. The summed E-state index contributed by atoms with van der Waals surface area (Å²) < 4.78 is 3.86. The number of likely N-dealkylation sites (N-methyl/N-ethyl adjacent to an activating group) is 1. The Labute approximate surface area is 179 Å². The van der Waals surface area contributed by atoms with Crippen LogP contribution >= 0.6 is 11.6 Å². The lowest BCUT2D eigenvalue weighted by Gasteiger charge is -2.32. The fraction of sp³-hybridized carbons (Fsp3) is 0.304. The number of aromatic nitrogens is 3. The van der Waals surface area contributed by atoms with Crippen molar-refractivity contribution in [2.75, 3.05) is 33.2 Å². The molecule has 4 aromatic rings. The molecule has 0 radical (unpaired) electrons. The summed E-state index contributed by atoms with van der Waals surface area (Å²) in [5.41, 5.74) is 2.85. The SMILES string of the molecule is CN1CCN(Cc2cnc3n(Cc4ccccc4Cl)c(=O)c4ccccc4n23)CC1. The summed E-state index contributed by atoms with van der Waals surface area (Å²) in [5.74, 6) is 0.655. The van der Waals surface area contributed by atoms with Crippen LogP contribution in [0.25, 0.3) is 16.7 Å².